The van der Waals surface area contributed by atoms with Crippen molar-refractivity contribution >= 4 is 5.91 Å². The van der Waals surface area contributed by atoms with Crippen LogP contribution >= 0.6 is 0 Å². The van der Waals surface area contributed by atoms with E-state index in [1.165, 1.54) is 11.1 Å². The van der Waals surface area contributed by atoms with Gasteiger partial charge in [0.15, 0.2) is 0 Å². The number of amides is 1. The summed E-state index contributed by atoms with van der Waals surface area (Å²) in [6, 6.07) is 20.8. The number of nitrogens with one attached hydrogen (secondary N) is 2. The Hall–Kier alpha value is -2.85. The number of hydrogen-bond acceptors (Lipinski definition) is 2. The normalized spacial score (nSPS) is 12.2. The fraction of sp³-hybridized carbons (Fsp3) is 0.292. The molecule has 146 valence electrons. The molecule has 1 aromatic heterocycles. The van der Waals surface area contributed by atoms with Crippen LogP contribution in [0.1, 0.15) is 63.8 Å². The number of hydrogen-bond donors (Lipinski definition) is 3. The summed E-state index contributed by atoms with van der Waals surface area (Å²) < 4.78 is 0. The summed E-state index contributed by atoms with van der Waals surface area (Å²) in [7, 11) is 0. The maximum atomic E-state index is 12.7. The molecule has 0 bridgehead atoms. The minimum Gasteiger partial charge on any atom is -0.389 e. The molecule has 0 saturated carbocycles. The smallest absolute Gasteiger partial charge is 0.267 e. The molecule has 4 heteroatoms. The third-order valence-electron chi connectivity index (χ3n) is 5.26. The second kappa shape index (κ2) is 8.89. The lowest BCUT2D eigenvalue weighted by Gasteiger charge is -2.18. The van der Waals surface area contributed by atoms with Crippen LogP contribution in [0, 0.1) is 13.8 Å². The summed E-state index contributed by atoms with van der Waals surface area (Å²) in [6.45, 7) is 6.04. The monoisotopic (exact) mass is 376 g/mol. The molecule has 0 aliphatic carbocycles. The van der Waals surface area contributed by atoms with Crippen molar-refractivity contribution in [2.24, 2.45) is 0 Å². The summed E-state index contributed by atoms with van der Waals surface area (Å²) in [4.78, 5) is 15.8. The van der Waals surface area contributed by atoms with Crippen LogP contribution < -0.4 is 5.32 Å². The zero-order valence-corrected chi connectivity index (χ0v) is 16.7. The molecule has 0 radical (unpaired) electrons. The lowest BCUT2D eigenvalue weighted by Crippen LogP contribution is -2.26. The summed E-state index contributed by atoms with van der Waals surface area (Å²) >= 11 is 0. The van der Waals surface area contributed by atoms with E-state index in [0.29, 0.717) is 12.2 Å². The summed E-state index contributed by atoms with van der Waals surface area (Å²) in [6.07, 6.45) is 0.209. The van der Waals surface area contributed by atoms with Gasteiger partial charge < -0.3 is 15.4 Å². The zero-order valence-electron chi connectivity index (χ0n) is 16.7. The lowest BCUT2D eigenvalue weighted by atomic mass is 9.88. The van der Waals surface area contributed by atoms with Crippen LogP contribution in [0.2, 0.25) is 0 Å². The molecular weight excluding hydrogens is 348 g/mol. The lowest BCUT2D eigenvalue weighted by molar-refractivity contribution is 0.0947. The maximum absolute atomic E-state index is 12.7. The molecule has 2 aromatic carbocycles. The molecule has 3 N–H and O–H groups in total. The van der Waals surface area contributed by atoms with E-state index < -0.39 is 6.10 Å². The highest BCUT2D eigenvalue weighted by atomic mass is 16.3. The third-order valence-corrected chi connectivity index (χ3v) is 5.26. The Morgan fingerprint density at radius 1 is 1.00 bits per heavy atom. The Bertz CT molecular complexity index is 875. The zero-order chi connectivity index (χ0) is 20.1. The fourth-order valence-electron chi connectivity index (χ4n) is 3.93. The van der Waals surface area contributed by atoms with E-state index in [1.54, 1.807) is 6.92 Å². The van der Waals surface area contributed by atoms with Crippen LogP contribution in [0.5, 0.6) is 0 Å². The van der Waals surface area contributed by atoms with Gasteiger partial charge in [-0.2, -0.15) is 0 Å². The number of rotatable bonds is 7. The molecule has 3 aromatic rings. The van der Waals surface area contributed by atoms with E-state index in [-0.39, 0.29) is 11.8 Å². The maximum Gasteiger partial charge on any atom is 0.267 e. The van der Waals surface area contributed by atoms with Crippen molar-refractivity contribution in [2.45, 2.75) is 39.2 Å². The van der Waals surface area contributed by atoms with Crippen molar-refractivity contribution in [1.82, 2.24) is 10.3 Å². The SMILES string of the molecule is Cc1[nH]c(C(=O)NCCC(c2ccccc2)c2ccccc2)c(C)c1C(C)O. The van der Waals surface area contributed by atoms with Crippen LogP contribution in [0.25, 0.3) is 0 Å². The molecular formula is C24H28N2O2. The Labute approximate surface area is 166 Å². The molecule has 0 spiro atoms. The molecule has 1 amide bonds. The largest absolute Gasteiger partial charge is 0.389 e. The van der Waals surface area contributed by atoms with Crippen LogP contribution in [-0.4, -0.2) is 22.5 Å². The van der Waals surface area contributed by atoms with Gasteiger partial charge in [0.05, 0.1) is 6.10 Å². The molecule has 0 saturated heterocycles. The first-order valence-electron chi connectivity index (χ1n) is 9.74. The number of carbonyl (C=O) groups is 1. The third kappa shape index (κ3) is 4.34. The quantitative estimate of drug-likeness (QED) is 0.562. The van der Waals surface area contributed by atoms with Gasteiger partial charge in [0.25, 0.3) is 5.91 Å². The number of aliphatic hydroxyl groups excluding tert-OH is 1. The van der Waals surface area contributed by atoms with Gasteiger partial charge in [0, 0.05) is 23.7 Å². The number of H-pyrrole nitrogens is 1. The Morgan fingerprint density at radius 2 is 1.54 bits per heavy atom. The number of aliphatic hydroxyl groups is 1. The van der Waals surface area contributed by atoms with Crippen molar-refractivity contribution in [3.63, 3.8) is 0 Å². The number of aromatic amines is 1. The van der Waals surface area contributed by atoms with Gasteiger partial charge in [0.1, 0.15) is 5.69 Å². The van der Waals surface area contributed by atoms with E-state index in [1.807, 2.05) is 50.2 Å². The van der Waals surface area contributed by atoms with Crippen LogP contribution in [-0.2, 0) is 0 Å². The highest BCUT2D eigenvalue weighted by molar-refractivity contribution is 5.94. The number of benzene rings is 2. The van der Waals surface area contributed by atoms with E-state index in [4.69, 9.17) is 0 Å². The first kappa shape index (κ1) is 19.9. The minimum atomic E-state index is -0.599. The van der Waals surface area contributed by atoms with Gasteiger partial charge in [-0.1, -0.05) is 60.7 Å². The molecule has 0 fully saturated rings. The first-order chi connectivity index (χ1) is 13.5. The highest BCUT2D eigenvalue weighted by Crippen LogP contribution is 2.28. The average molecular weight is 377 g/mol. The summed E-state index contributed by atoms with van der Waals surface area (Å²) in [5.74, 6) is 0.0922. The molecule has 3 rings (SSSR count). The van der Waals surface area contributed by atoms with E-state index in [0.717, 1.165) is 23.2 Å². The summed E-state index contributed by atoms with van der Waals surface area (Å²) in [5, 5.41) is 13.0. The Morgan fingerprint density at radius 3 is 2.00 bits per heavy atom. The van der Waals surface area contributed by atoms with Gasteiger partial charge in [-0.15, -0.1) is 0 Å². The molecule has 4 nitrogen and oxygen atoms in total. The fourth-order valence-corrected chi connectivity index (χ4v) is 3.93. The van der Waals surface area contributed by atoms with Crippen LogP contribution in [0.4, 0.5) is 0 Å². The van der Waals surface area contributed by atoms with E-state index in [9.17, 15) is 9.90 Å². The van der Waals surface area contributed by atoms with Crippen LogP contribution in [0.3, 0.4) is 0 Å². The molecule has 1 heterocycles. The first-order valence-corrected chi connectivity index (χ1v) is 9.74. The van der Waals surface area contributed by atoms with Crippen LogP contribution in [0.15, 0.2) is 60.7 Å². The Balaban J connectivity index is 1.71. The van der Waals surface area contributed by atoms with Crippen molar-refractivity contribution in [2.75, 3.05) is 6.54 Å². The predicted molar refractivity (Wildman–Crippen MR) is 113 cm³/mol. The predicted octanol–water partition coefficient (Wildman–Crippen LogP) is 4.64. The average Bonchev–Trinajstić information content (AvgIpc) is 3.01. The van der Waals surface area contributed by atoms with Crippen molar-refractivity contribution in [3.8, 4) is 0 Å². The standard InChI is InChI=1S/C24H28N2O2/c1-16-22(18(3)27)17(2)26-23(16)24(28)25-15-14-21(19-10-6-4-7-11-19)20-12-8-5-9-13-20/h4-13,18,21,26-27H,14-15H2,1-3H3,(H,25,28). The molecule has 28 heavy (non-hydrogen) atoms. The van der Waals surface area contributed by atoms with Gasteiger partial charge >= 0.3 is 0 Å². The number of aryl methyl sites for hydroxylation is 1. The molecule has 1 atom stereocenters. The van der Waals surface area contributed by atoms with E-state index >= 15 is 0 Å². The van der Waals surface area contributed by atoms with Gasteiger partial charge in [-0.05, 0) is 43.9 Å². The molecule has 0 aliphatic heterocycles. The highest BCUT2D eigenvalue weighted by Gasteiger charge is 2.20. The minimum absolute atomic E-state index is 0.132. The van der Waals surface area contributed by atoms with Gasteiger partial charge in [-0.25, -0.2) is 0 Å². The Kier molecular flexibility index (Phi) is 6.32. The van der Waals surface area contributed by atoms with Gasteiger partial charge in [0.2, 0.25) is 0 Å². The van der Waals surface area contributed by atoms with Crippen molar-refractivity contribution in [3.05, 3.63) is 94.3 Å². The van der Waals surface area contributed by atoms with Crippen molar-refractivity contribution < 1.29 is 9.90 Å². The second-order valence-electron chi connectivity index (χ2n) is 7.26. The molecule has 0 aliphatic rings. The second-order valence-corrected chi connectivity index (χ2v) is 7.26. The van der Waals surface area contributed by atoms with Gasteiger partial charge in [-0.3, -0.25) is 4.79 Å². The summed E-state index contributed by atoms with van der Waals surface area (Å²) in [5.41, 5.74) is 5.47. The molecule has 1 unspecified atom stereocenters. The van der Waals surface area contributed by atoms with E-state index in [2.05, 4.69) is 34.6 Å². The number of carbonyl (C=O) groups excluding carboxylic acids is 1. The number of aromatic nitrogens is 1. The van der Waals surface area contributed by atoms with Crippen molar-refractivity contribution in [1.29, 1.82) is 0 Å². The topological polar surface area (TPSA) is 65.1 Å².